The molecule has 0 spiro atoms. The van der Waals surface area contributed by atoms with Gasteiger partial charge in [0.25, 0.3) is 0 Å². The lowest BCUT2D eigenvalue weighted by atomic mass is 10.1. The van der Waals surface area contributed by atoms with Crippen LogP contribution in [0.15, 0.2) is 23.3 Å². The van der Waals surface area contributed by atoms with Crippen LogP contribution in [0.2, 0.25) is 0 Å². The van der Waals surface area contributed by atoms with Gasteiger partial charge in [-0.2, -0.15) is 4.98 Å². The number of rotatable bonds is 8. The van der Waals surface area contributed by atoms with Gasteiger partial charge >= 0.3 is 13.4 Å². The van der Waals surface area contributed by atoms with Crippen LogP contribution >= 0.6 is 7.75 Å². The number of nitrogens with zero attached hydrogens (tertiary/aromatic N) is 3. The normalized spacial score (nSPS) is 25.0. The second kappa shape index (κ2) is 9.60. The number of aryl methyl sites for hydroxylation is 1. The van der Waals surface area contributed by atoms with Crippen molar-refractivity contribution in [3.8, 4) is 5.75 Å². The van der Waals surface area contributed by atoms with E-state index < -0.39 is 51.2 Å². The molecule has 8 N–H and O–H groups in total. The molecule has 1 saturated heterocycles. The number of aliphatic hydroxyl groups excluding tert-OH is 3. The summed E-state index contributed by atoms with van der Waals surface area (Å²) in [6.07, 6.45) is -3.07. The van der Waals surface area contributed by atoms with Gasteiger partial charge in [0, 0.05) is 30.1 Å². The number of aliphatic hydroxyl groups is 3. The zero-order valence-corrected chi connectivity index (χ0v) is 17.8. The number of aromatic hydroxyl groups is 1. The third kappa shape index (κ3) is 5.14. The van der Waals surface area contributed by atoms with Crippen LogP contribution in [0.3, 0.4) is 0 Å². The number of nitrogens with two attached hydrogens (primary N) is 1. The minimum atomic E-state index is -4.46. The highest BCUT2D eigenvalue weighted by Gasteiger charge is 2.45. The first-order valence-corrected chi connectivity index (χ1v) is 11.0. The summed E-state index contributed by atoms with van der Waals surface area (Å²) in [5.74, 6) is -0.279. The predicted molar refractivity (Wildman–Crippen MR) is 108 cm³/mol. The van der Waals surface area contributed by atoms with E-state index in [4.69, 9.17) is 15.0 Å². The number of hydrogen-bond acceptors (Lipinski definition) is 11. The minimum Gasteiger partial charge on any atom is -0.506 e. The average Bonchev–Trinajstić information content (AvgIpc) is 3.02. The van der Waals surface area contributed by atoms with Crippen LogP contribution in [-0.2, 0) is 27.0 Å². The van der Waals surface area contributed by atoms with Gasteiger partial charge in [0.05, 0.1) is 18.9 Å². The second-order valence-corrected chi connectivity index (χ2v) is 8.71. The Morgan fingerprint density at radius 1 is 1.38 bits per heavy atom. The Bertz CT molecular complexity index is 1080. The number of hydrogen-bond donors (Lipinski definition) is 7. The lowest BCUT2D eigenvalue weighted by Gasteiger charge is -2.19. The fraction of sp³-hybridized carbons (Fsp3) is 0.471. The highest BCUT2D eigenvalue weighted by Crippen LogP contribution is 2.40. The molecular weight excluding hydrogens is 449 g/mol. The van der Waals surface area contributed by atoms with Gasteiger partial charge in [-0.1, -0.05) is 0 Å². The van der Waals surface area contributed by atoms with E-state index in [0.717, 1.165) is 4.57 Å². The van der Waals surface area contributed by atoms with Crippen molar-refractivity contribution in [3.63, 3.8) is 0 Å². The summed E-state index contributed by atoms with van der Waals surface area (Å²) in [4.78, 5) is 29.4. The Morgan fingerprint density at radius 2 is 2.09 bits per heavy atom. The Kier molecular flexibility index (Phi) is 7.27. The smallest absolute Gasteiger partial charge is 0.403 e. The van der Waals surface area contributed by atoms with E-state index in [1.807, 2.05) is 0 Å². The number of anilines is 1. The van der Waals surface area contributed by atoms with Gasteiger partial charge in [0.2, 0.25) is 0 Å². The van der Waals surface area contributed by atoms with Crippen LogP contribution < -0.4 is 16.5 Å². The lowest BCUT2D eigenvalue weighted by molar-refractivity contribution is -0.0527. The van der Waals surface area contributed by atoms with E-state index in [2.05, 4.69) is 15.1 Å². The molecule has 2 aromatic rings. The predicted octanol–water partition coefficient (Wildman–Crippen LogP) is -1.75. The molecule has 0 saturated carbocycles. The van der Waals surface area contributed by atoms with Crippen LogP contribution in [0.4, 0.5) is 5.82 Å². The third-order valence-electron chi connectivity index (χ3n) is 4.93. The summed E-state index contributed by atoms with van der Waals surface area (Å²) in [7, 11) is -4.46. The Hall–Kier alpha value is -2.42. The van der Waals surface area contributed by atoms with Gasteiger partial charge < -0.3 is 35.8 Å². The molecule has 0 radical (unpaired) electrons. The summed E-state index contributed by atoms with van der Waals surface area (Å²) in [6.45, 7) is 0.137. The summed E-state index contributed by atoms with van der Waals surface area (Å²) in [6, 6.07) is 1.30. The molecule has 2 aromatic heterocycles. The van der Waals surface area contributed by atoms with Crippen molar-refractivity contribution >= 4 is 13.6 Å². The van der Waals surface area contributed by atoms with E-state index in [1.54, 1.807) is 0 Å². The Balaban J connectivity index is 1.64. The highest BCUT2D eigenvalue weighted by atomic mass is 31.2. The number of ether oxygens (including phenoxy) is 1. The number of nitrogen functional groups attached to an aromatic ring is 1. The van der Waals surface area contributed by atoms with E-state index in [0.29, 0.717) is 0 Å². The quantitative estimate of drug-likeness (QED) is 0.212. The van der Waals surface area contributed by atoms with Gasteiger partial charge in [-0.15, -0.1) is 0 Å². The third-order valence-corrected chi connectivity index (χ3v) is 5.99. The van der Waals surface area contributed by atoms with Crippen LogP contribution in [0.25, 0.3) is 0 Å². The topological polar surface area (TPSA) is 223 Å². The first-order chi connectivity index (χ1) is 15.0. The zero-order chi connectivity index (χ0) is 23.6. The molecule has 5 atom stereocenters. The van der Waals surface area contributed by atoms with E-state index in [1.165, 1.54) is 25.4 Å². The molecule has 32 heavy (non-hydrogen) atoms. The standard InChI is InChI=1S/C17H24N5O9P/c1-8-13(24)10(9(6-23)4-19-8)5-20-32(28,29)30-7-11-14(25)15(26)16(31-11)22-3-2-12(18)21-17(22)27/h2-4,11,14-16,23-26H,5-7H2,1H3,(H2,18,21,27)(H2,20,28,29)/t11-,14-,15+,16-/m1/s1. The van der Waals surface area contributed by atoms with Crippen molar-refractivity contribution in [2.24, 2.45) is 0 Å². The van der Waals surface area contributed by atoms with Crippen molar-refractivity contribution in [3.05, 3.63) is 45.8 Å². The molecule has 0 aliphatic carbocycles. The van der Waals surface area contributed by atoms with Gasteiger partial charge in [0.15, 0.2) is 6.23 Å². The molecule has 0 bridgehead atoms. The van der Waals surface area contributed by atoms with Crippen molar-refractivity contribution in [2.45, 2.75) is 44.6 Å². The second-order valence-electron chi connectivity index (χ2n) is 7.09. The van der Waals surface area contributed by atoms with E-state index in [-0.39, 0.29) is 34.9 Å². The molecule has 1 aliphatic heterocycles. The maximum atomic E-state index is 12.4. The van der Waals surface area contributed by atoms with E-state index >= 15 is 0 Å². The van der Waals surface area contributed by atoms with Gasteiger partial charge in [0.1, 0.15) is 29.9 Å². The number of pyridine rings is 1. The van der Waals surface area contributed by atoms with Gasteiger partial charge in [-0.05, 0) is 13.0 Å². The molecule has 0 aromatic carbocycles. The maximum Gasteiger partial charge on any atom is 0.403 e. The number of nitrogens with one attached hydrogen (secondary N) is 1. The molecule has 1 unspecified atom stereocenters. The largest absolute Gasteiger partial charge is 0.506 e. The lowest BCUT2D eigenvalue weighted by Crippen LogP contribution is -2.36. The Morgan fingerprint density at radius 3 is 2.75 bits per heavy atom. The first kappa shape index (κ1) is 24.2. The SMILES string of the molecule is Cc1ncc(CO)c(CNP(=O)(O)OC[C@H]2O[C@@H](n3ccc(N)nc3=O)[C@@H](O)[C@@H]2O)c1O. The van der Waals surface area contributed by atoms with Crippen LogP contribution in [-0.4, -0.2) is 64.8 Å². The molecular formula is C17H24N5O9P. The molecule has 3 heterocycles. The van der Waals surface area contributed by atoms with Crippen molar-refractivity contribution < 1.29 is 39.1 Å². The first-order valence-electron chi connectivity index (χ1n) is 9.40. The van der Waals surface area contributed by atoms with Crippen LogP contribution in [0.5, 0.6) is 5.75 Å². The summed E-state index contributed by atoms with van der Waals surface area (Å²) >= 11 is 0. The van der Waals surface area contributed by atoms with E-state index in [9.17, 15) is 34.7 Å². The molecule has 15 heteroatoms. The van der Waals surface area contributed by atoms with Crippen molar-refractivity contribution in [1.29, 1.82) is 0 Å². The molecule has 0 amide bonds. The summed E-state index contributed by atoms with van der Waals surface area (Å²) < 4.78 is 23.7. The van der Waals surface area contributed by atoms with Gasteiger partial charge in [-0.3, -0.25) is 14.1 Å². The maximum absolute atomic E-state index is 12.4. The van der Waals surface area contributed by atoms with Crippen molar-refractivity contribution in [1.82, 2.24) is 19.6 Å². The monoisotopic (exact) mass is 473 g/mol. The van der Waals surface area contributed by atoms with Crippen LogP contribution in [0, 0.1) is 6.92 Å². The Labute approximate surface area is 181 Å². The molecule has 14 nitrogen and oxygen atoms in total. The molecule has 176 valence electrons. The van der Waals surface area contributed by atoms with Crippen LogP contribution in [0.1, 0.15) is 23.0 Å². The summed E-state index contributed by atoms with van der Waals surface area (Å²) in [5, 5.41) is 42.1. The fourth-order valence-corrected chi connectivity index (χ4v) is 3.93. The average molecular weight is 473 g/mol. The van der Waals surface area contributed by atoms with Crippen molar-refractivity contribution in [2.75, 3.05) is 12.3 Å². The minimum absolute atomic E-state index is 0.0359. The molecule has 1 aliphatic rings. The zero-order valence-electron chi connectivity index (χ0n) is 16.9. The molecule has 1 fully saturated rings. The fourth-order valence-electron chi connectivity index (χ4n) is 3.13. The number of aromatic nitrogens is 3. The highest BCUT2D eigenvalue weighted by molar-refractivity contribution is 7.50. The summed E-state index contributed by atoms with van der Waals surface area (Å²) in [5.41, 5.74) is 5.29. The molecule has 3 rings (SSSR count). The van der Waals surface area contributed by atoms with Gasteiger partial charge in [-0.25, -0.2) is 14.4 Å².